The first-order valence-electron chi connectivity index (χ1n) is 31.4. The van der Waals surface area contributed by atoms with E-state index in [1.807, 2.05) is 60.7 Å². The van der Waals surface area contributed by atoms with Gasteiger partial charge in [0.1, 0.15) is 65.2 Å². The van der Waals surface area contributed by atoms with Gasteiger partial charge in [0, 0.05) is 90.4 Å². The second-order valence-corrected chi connectivity index (χ2v) is 26.2. The number of ether oxygens (including phenoxy) is 4. The molecular weight excluding hydrogens is 1210 g/mol. The molecule has 0 aliphatic carbocycles. The maximum Gasteiger partial charge on any atom is 0.411 e. The number of carbonyl (C=O) groups excluding carboxylic acids is 8. The maximum atomic E-state index is 14.8. The van der Waals surface area contributed by atoms with E-state index >= 15 is 0 Å². The lowest BCUT2D eigenvalue weighted by Gasteiger charge is -2.44. The van der Waals surface area contributed by atoms with Crippen molar-refractivity contribution < 1.29 is 76.3 Å². The standard InChI is InChI=1S/C34H43FN4O7.C34H41FN4O7.2CH4/c2*1-34(2,3)46-33(44)39-13-12-38(20-22-9-5-4-6-10-22)32(43)29(39)30(41)27-17-23-15-25(35)19-26(16-23)45-14-8-7-11-37-21-24(18-28(37)40)31(42)36-27;;/h4-6,9-10,15-16,19,24,27,29-30,41H,7-8,11-14,17-18,20-21H2,1-3H3,(H,36,42);4-10,15-16,19,24,27,29-30,41H,11-14,17-18,20-21H2,1-3H3,(H,36,42);2*1H4/t2*24?,27-,29-,30-;;/m00../s1. The van der Waals surface area contributed by atoms with E-state index in [1.54, 1.807) is 85.4 Å². The molecule has 8 bridgehead atoms. The van der Waals surface area contributed by atoms with Gasteiger partial charge in [-0.2, -0.15) is 0 Å². The van der Waals surface area contributed by atoms with Crippen LogP contribution in [0.4, 0.5) is 18.4 Å². The van der Waals surface area contributed by atoms with Crippen molar-refractivity contribution in [1.82, 2.24) is 40.0 Å². The number of benzene rings is 4. The summed E-state index contributed by atoms with van der Waals surface area (Å²) >= 11 is 0. The highest BCUT2D eigenvalue weighted by atomic mass is 19.1. The van der Waals surface area contributed by atoms with Gasteiger partial charge in [0.25, 0.3) is 0 Å². The Morgan fingerprint density at radius 3 is 1.46 bits per heavy atom. The van der Waals surface area contributed by atoms with Crippen LogP contribution in [-0.2, 0) is 64.2 Å². The van der Waals surface area contributed by atoms with Crippen LogP contribution in [0.15, 0.2) is 109 Å². The Morgan fingerprint density at radius 1 is 0.564 bits per heavy atom. The van der Waals surface area contributed by atoms with Crippen LogP contribution < -0.4 is 20.1 Å². The highest BCUT2D eigenvalue weighted by Crippen LogP contribution is 2.30. The number of nitrogens with one attached hydrogen (secondary N) is 2. The third kappa shape index (κ3) is 19.3. The molecule has 4 aromatic rings. The molecule has 4 aromatic carbocycles. The smallest absolute Gasteiger partial charge is 0.411 e. The Balaban J connectivity index is 0.000000260. The Labute approximate surface area is 549 Å². The molecular formula is C70H92F2N8O14. The number of hydrogen-bond acceptors (Lipinski definition) is 14. The lowest BCUT2D eigenvalue weighted by atomic mass is 9.92. The minimum absolute atomic E-state index is 0. The monoisotopic (exact) mass is 1310 g/mol. The van der Waals surface area contributed by atoms with Crippen molar-refractivity contribution in [2.45, 2.75) is 156 Å². The van der Waals surface area contributed by atoms with Gasteiger partial charge in [-0.05, 0) is 120 Å². The second kappa shape index (κ2) is 32.0. The molecule has 6 aliphatic heterocycles. The summed E-state index contributed by atoms with van der Waals surface area (Å²) in [6.45, 7) is 12.9. The number of amides is 8. The van der Waals surface area contributed by atoms with Gasteiger partial charge in [-0.15, -0.1) is 0 Å². The van der Waals surface area contributed by atoms with Crippen molar-refractivity contribution in [1.29, 1.82) is 0 Å². The molecule has 4 N–H and O–H groups in total. The maximum absolute atomic E-state index is 14.8. The summed E-state index contributed by atoms with van der Waals surface area (Å²) in [5.74, 6) is -4.24. The summed E-state index contributed by atoms with van der Waals surface area (Å²) in [7, 11) is 0. The molecule has 510 valence electrons. The predicted octanol–water partition coefficient (Wildman–Crippen LogP) is 6.81. The summed E-state index contributed by atoms with van der Waals surface area (Å²) in [5.41, 5.74) is 0.825. The molecule has 2 unspecified atom stereocenters. The van der Waals surface area contributed by atoms with E-state index in [2.05, 4.69) is 10.6 Å². The third-order valence-corrected chi connectivity index (χ3v) is 16.7. The molecule has 0 radical (unpaired) electrons. The predicted molar refractivity (Wildman–Crippen MR) is 345 cm³/mol. The molecule has 0 saturated carbocycles. The SMILES string of the molecule is C.C.CC(C)(C)OC(=O)N1CCN(Cc2ccccc2)C(=O)[C@@H]1[C@@H](O)[C@@H]1Cc2cc(F)cc(c2)OCC=CCN2CC(CC2=O)C(=O)N1.CC(C)(C)OC(=O)N1CCN(Cc2ccccc2)C(=O)[C@@H]1[C@@H](O)[C@@H]1Cc2cc(F)cc(c2)OCCCCN2CC(CC2=O)C(=O)N1. The van der Waals surface area contributed by atoms with E-state index in [1.165, 1.54) is 34.1 Å². The van der Waals surface area contributed by atoms with Crippen LogP contribution >= 0.6 is 0 Å². The van der Waals surface area contributed by atoms with E-state index < -0.39 is 107 Å². The van der Waals surface area contributed by atoms with Gasteiger partial charge in [-0.25, -0.2) is 18.4 Å². The molecule has 4 fully saturated rings. The summed E-state index contributed by atoms with van der Waals surface area (Å²) in [5, 5.41) is 29.8. The molecule has 0 spiro atoms. The topological polar surface area (TPSA) is 257 Å². The minimum Gasteiger partial charge on any atom is -0.493 e. The number of aliphatic hydroxyl groups is 2. The number of fused-ring (bicyclic) bond motifs is 8. The fourth-order valence-electron chi connectivity index (χ4n) is 12.2. The molecule has 8 amide bonds. The zero-order valence-electron chi connectivity index (χ0n) is 53.0. The van der Waals surface area contributed by atoms with Crippen LogP contribution in [0.25, 0.3) is 0 Å². The van der Waals surface area contributed by atoms with Crippen molar-refractivity contribution in [3.63, 3.8) is 0 Å². The van der Waals surface area contributed by atoms with Crippen LogP contribution in [0, 0.1) is 23.5 Å². The average Bonchev–Trinajstić information content (AvgIpc) is 0.954. The summed E-state index contributed by atoms with van der Waals surface area (Å²) in [6, 6.07) is 21.9. The van der Waals surface area contributed by atoms with Crippen LogP contribution in [0.2, 0.25) is 0 Å². The first-order chi connectivity index (χ1) is 43.7. The Bertz CT molecular complexity index is 3350. The fraction of sp³-hybridized carbons (Fsp3) is 0.514. The van der Waals surface area contributed by atoms with Gasteiger partial charge in [0.2, 0.25) is 35.4 Å². The Kier molecular flexibility index (Phi) is 24.8. The lowest BCUT2D eigenvalue weighted by Crippen LogP contribution is -2.66. The van der Waals surface area contributed by atoms with E-state index in [0.717, 1.165) is 11.1 Å². The number of halogens is 2. The van der Waals surface area contributed by atoms with E-state index in [-0.39, 0.29) is 124 Å². The van der Waals surface area contributed by atoms with Crippen LogP contribution in [0.5, 0.6) is 11.5 Å². The Morgan fingerprint density at radius 2 is 1.00 bits per heavy atom. The van der Waals surface area contributed by atoms with Crippen LogP contribution in [0.3, 0.4) is 0 Å². The first-order valence-corrected chi connectivity index (χ1v) is 31.4. The quantitative estimate of drug-likeness (QED) is 0.132. The first kappa shape index (κ1) is 72.8. The largest absolute Gasteiger partial charge is 0.493 e. The van der Waals surface area contributed by atoms with Crippen LogP contribution in [0.1, 0.15) is 104 Å². The molecule has 6 heterocycles. The van der Waals surface area contributed by atoms with Gasteiger partial charge in [0.05, 0.1) is 30.5 Å². The van der Waals surface area contributed by atoms with Crippen molar-refractivity contribution in [3.8, 4) is 11.5 Å². The molecule has 24 heteroatoms. The second-order valence-electron chi connectivity index (χ2n) is 26.2. The highest BCUT2D eigenvalue weighted by Gasteiger charge is 2.49. The zero-order chi connectivity index (χ0) is 66.0. The molecule has 4 saturated heterocycles. The summed E-state index contributed by atoms with van der Waals surface area (Å²) in [6.07, 6.45) is -0.172. The molecule has 10 rings (SSSR count). The van der Waals surface area contributed by atoms with Gasteiger partial charge in [-0.1, -0.05) is 81.6 Å². The van der Waals surface area contributed by atoms with Crippen LogP contribution in [-0.4, -0.2) is 200 Å². The number of nitrogens with zero attached hydrogens (tertiary/aromatic N) is 6. The van der Waals surface area contributed by atoms with Gasteiger partial charge in [0.15, 0.2) is 0 Å². The van der Waals surface area contributed by atoms with E-state index in [9.17, 15) is 57.4 Å². The van der Waals surface area contributed by atoms with Gasteiger partial charge in [-0.3, -0.25) is 38.6 Å². The highest BCUT2D eigenvalue weighted by molar-refractivity contribution is 5.92. The summed E-state index contributed by atoms with van der Waals surface area (Å²) in [4.78, 5) is 117. The number of piperazine rings is 2. The number of carbonyl (C=O) groups is 8. The fourth-order valence-corrected chi connectivity index (χ4v) is 12.2. The summed E-state index contributed by atoms with van der Waals surface area (Å²) < 4.78 is 52.3. The Hall–Kier alpha value is -8.64. The zero-order valence-corrected chi connectivity index (χ0v) is 53.0. The lowest BCUT2D eigenvalue weighted by molar-refractivity contribution is -0.149. The molecule has 0 aromatic heterocycles. The number of hydrogen-bond donors (Lipinski definition) is 4. The van der Waals surface area contributed by atoms with E-state index in [0.29, 0.717) is 42.9 Å². The van der Waals surface area contributed by atoms with Crippen molar-refractivity contribution in [2.24, 2.45) is 11.8 Å². The average molecular weight is 1310 g/mol. The van der Waals surface area contributed by atoms with Gasteiger partial charge < -0.3 is 59.4 Å². The minimum atomic E-state index is -1.62. The molecule has 8 atom stereocenters. The normalized spacial score (nSPS) is 23.0. The number of aliphatic hydroxyl groups excluding tert-OH is 2. The van der Waals surface area contributed by atoms with E-state index in [4.69, 9.17) is 18.9 Å². The van der Waals surface area contributed by atoms with Crippen molar-refractivity contribution >= 4 is 47.6 Å². The van der Waals surface area contributed by atoms with Crippen molar-refractivity contribution in [2.75, 3.05) is 65.6 Å². The molecule has 22 nitrogen and oxygen atoms in total. The third-order valence-electron chi connectivity index (χ3n) is 16.7. The molecule has 6 aliphatic rings. The molecule has 94 heavy (non-hydrogen) atoms. The van der Waals surface area contributed by atoms with Gasteiger partial charge >= 0.3 is 12.2 Å². The number of rotatable bonds is 8. The van der Waals surface area contributed by atoms with Crippen molar-refractivity contribution in [3.05, 3.63) is 143 Å².